The molecule has 0 unspecified atom stereocenters. The third-order valence-corrected chi connectivity index (χ3v) is 5.71. The Morgan fingerprint density at radius 1 is 0.941 bits per heavy atom. The highest BCUT2D eigenvalue weighted by molar-refractivity contribution is 6.12. The summed E-state index contributed by atoms with van der Waals surface area (Å²) in [7, 11) is 0. The van der Waals surface area contributed by atoms with Gasteiger partial charge >= 0.3 is 12.0 Å². The summed E-state index contributed by atoms with van der Waals surface area (Å²) in [6.07, 6.45) is 0. The fourth-order valence-electron chi connectivity index (χ4n) is 4.00. The molecule has 3 rings (SSSR count). The number of carboxylic acids is 1. The fraction of sp³-hybridized carbons (Fsp3) is 0.360. The van der Waals surface area contributed by atoms with E-state index < -0.39 is 36.0 Å². The minimum Gasteiger partial charge on any atom is -0.479 e. The highest BCUT2D eigenvalue weighted by Gasteiger charge is 2.40. The van der Waals surface area contributed by atoms with Crippen LogP contribution in [0.2, 0.25) is 0 Å². The molecule has 3 atom stereocenters. The first-order chi connectivity index (χ1) is 16.1. The van der Waals surface area contributed by atoms with Gasteiger partial charge in [-0.1, -0.05) is 70.2 Å². The number of benzene rings is 2. The van der Waals surface area contributed by atoms with Gasteiger partial charge in [0, 0.05) is 0 Å². The van der Waals surface area contributed by atoms with Gasteiger partial charge in [-0.3, -0.25) is 14.5 Å². The Balaban J connectivity index is 1.87. The zero-order valence-corrected chi connectivity index (χ0v) is 19.6. The summed E-state index contributed by atoms with van der Waals surface area (Å²) in [5.41, 5.74) is 1.44. The SMILES string of the molecule is CC(C)[C@@H](NC(=O)N1c2ccccc2NC(=O)[C@H]1C(C)C)C(=O)N[C@H](C(=O)O)c1ccccc1. The van der Waals surface area contributed by atoms with Crippen molar-refractivity contribution in [2.45, 2.75) is 45.8 Å². The average molecular weight is 467 g/mol. The number of carbonyl (C=O) groups excluding carboxylic acids is 3. The smallest absolute Gasteiger partial charge is 0.330 e. The van der Waals surface area contributed by atoms with Crippen LogP contribution in [0.15, 0.2) is 54.6 Å². The maximum atomic E-state index is 13.5. The van der Waals surface area contributed by atoms with Crippen LogP contribution in [0, 0.1) is 11.8 Å². The summed E-state index contributed by atoms with van der Waals surface area (Å²) < 4.78 is 0. The van der Waals surface area contributed by atoms with Crippen molar-refractivity contribution in [2.75, 3.05) is 10.2 Å². The fourth-order valence-corrected chi connectivity index (χ4v) is 4.00. The molecule has 2 aromatic rings. The number of hydrogen-bond acceptors (Lipinski definition) is 4. The number of fused-ring (bicyclic) bond motifs is 1. The zero-order valence-electron chi connectivity index (χ0n) is 19.6. The number of anilines is 2. The van der Waals surface area contributed by atoms with Crippen molar-refractivity contribution < 1.29 is 24.3 Å². The van der Waals surface area contributed by atoms with Gasteiger partial charge in [0.1, 0.15) is 12.1 Å². The highest BCUT2D eigenvalue weighted by Crippen LogP contribution is 2.34. The third-order valence-electron chi connectivity index (χ3n) is 5.71. The summed E-state index contributed by atoms with van der Waals surface area (Å²) in [5.74, 6) is -2.70. The van der Waals surface area contributed by atoms with Gasteiger partial charge in [-0.05, 0) is 29.5 Å². The van der Waals surface area contributed by atoms with Crippen molar-refractivity contribution in [3.8, 4) is 0 Å². The number of nitrogens with one attached hydrogen (secondary N) is 3. The molecule has 0 fully saturated rings. The first-order valence-electron chi connectivity index (χ1n) is 11.2. The molecular weight excluding hydrogens is 436 g/mol. The van der Waals surface area contributed by atoms with Crippen LogP contribution >= 0.6 is 0 Å². The van der Waals surface area contributed by atoms with E-state index in [1.807, 2.05) is 13.8 Å². The molecule has 34 heavy (non-hydrogen) atoms. The van der Waals surface area contributed by atoms with Crippen molar-refractivity contribution in [1.29, 1.82) is 0 Å². The van der Waals surface area contributed by atoms with Gasteiger partial charge in [0.05, 0.1) is 11.4 Å². The van der Waals surface area contributed by atoms with Crippen molar-refractivity contribution >= 4 is 35.2 Å². The predicted octanol–water partition coefficient (Wildman–Crippen LogP) is 3.15. The highest BCUT2D eigenvalue weighted by atomic mass is 16.4. The molecule has 9 nitrogen and oxygen atoms in total. The summed E-state index contributed by atoms with van der Waals surface area (Å²) in [6, 6.07) is 11.6. The van der Waals surface area contributed by atoms with E-state index in [1.165, 1.54) is 4.90 Å². The molecule has 0 aliphatic carbocycles. The van der Waals surface area contributed by atoms with E-state index in [0.717, 1.165) is 0 Å². The minimum absolute atomic E-state index is 0.195. The van der Waals surface area contributed by atoms with E-state index in [1.54, 1.807) is 68.4 Å². The number of nitrogens with zero attached hydrogens (tertiary/aromatic N) is 1. The molecular formula is C25H30N4O5. The van der Waals surface area contributed by atoms with E-state index in [-0.39, 0.29) is 17.7 Å². The molecule has 0 saturated carbocycles. The van der Waals surface area contributed by atoms with Gasteiger partial charge in [-0.15, -0.1) is 0 Å². The molecule has 1 heterocycles. The molecule has 2 aromatic carbocycles. The Labute approximate surface area is 198 Å². The van der Waals surface area contributed by atoms with Crippen LogP contribution in [-0.4, -0.2) is 41.0 Å². The molecule has 9 heteroatoms. The van der Waals surface area contributed by atoms with Crippen molar-refractivity contribution in [2.24, 2.45) is 11.8 Å². The molecule has 1 aliphatic rings. The monoisotopic (exact) mass is 466 g/mol. The van der Waals surface area contributed by atoms with Crippen LogP contribution in [0.4, 0.5) is 16.2 Å². The maximum absolute atomic E-state index is 13.5. The number of para-hydroxylation sites is 2. The summed E-state index contributed by atoms with van der Waals surface area (Å²) >= 11 is 0. The lowest BCUT2D eigenvalue weighted by molar-refractivity contribution is -0.142. The molecule has 0 aromatic heterocycles. The number of amides is 4. The van der Waals surface area contributed by atoms with E-state index in [0.29, 0.717) is 16.9 Å². The van der Waals surface area contributed by atoms with Gasteiger partial charge in [0.2, 0.25) is 11.8 Å². The summed E-state index contributed by atoms with van der Waals surface area (Å²) in [4.78, 5) is 52.6. The first-order valence-corrected chi connectivity index (χ1v) is 11.2. The molecule has 0 spiro atoms. The van der Waals surface area contributed by atoms with Crippen LogP contribution in [0.25, 0.3) is 0 Å². The number of urea groups is 1. The number of aliphatic carboxylic acids is 1. The molecule has 180 valence electrons. The molecule has 0 radical (unpaired) electrons. The van der Waals surface area contributed by atoms with Gasteiger partial charge in [0.15, 0.2) is 6.04 Å². The lowest BCUT2D eigenvalue weighted by Gasteiger charge is -2.39. The normalized spacial score (nSPS) is 16.9. The summed E-state index contributed by atoms with van der Waals surface area (Å²) in [6.45, 7) is 7.17. The second kappa shape index (κ2) is 10.4. The standard InChI is InChI=1S/C25H30N4O5/c1-14(2)19(22(30)27-20(24(32)33)16-10-6-5-7-11-16)28-25(34)29-18-13-9-8-12-17(18)26-23(31)21(29)15(3)4/h5-15,19-21H,1-4H3,(H,26,31)(H,27,30)(H,28,34)(H,32,33)/t19-,20+,21-/m1/s1. The van der Waals surface area contributed by atoms with Gasteiger partial charge in [-0.2, -0.15) is 0 Å². The Kier molecular flexibility index (Phi) is 7.55. The maximum Gasteiger partial charge on any atom is 0.330 e. The molecule has 4 amide bonds. The average Bonchev–Trinajstić information content (AvgIpc) is 2.79. The molecule has 0 saturated heterocycles. The van der Waals surface area contributed by atoms with E-state index >= 15 is 0 Å². The third kappa shape index (κ3) is 5.19. The van der Waals surface area contributed by atoms with Crippen molar-refractivity contribution in [3.63, 3.8) is 0 Å². The number of carbonyl (C=O) groups is 4. The molecule has 4 N–H and O–H groups in total. The van der Waals surface area contributed by atoms with Crippen molar-refractivity contribution in [3.05, 3.63) is 60.2 Å². The number of carboxylic acid groups (broad SMARTS) is 1. The quantitative estimate of drug-likeness (QED) is 0.498. The van der Waals surface area contributed by atoms with Gasteiger partial charge in [-0.25, -0.2) is 9.59 Å². The second-order valence-corrected chi connectivity index (χ2v) is 8.93. The number of hydrogen-bond donors (Lipinski definition) is 4. The van der Waals surface area contributed by atoms with Crippen molar-refractivity contribution in [1.82, 2.24) is 10.6 Å². The Bertz CT molecular complexity index is 1070. The van der Waals surface area contributed by atoms with Crippen LogP contribution in [0.5, 0.6) is 0 Å². The Hall–Kier alpha value is -3.88. The second-order valence-electron chi connectivity index (χ2n) is 8.93. The van der Waals surface area contributed by atoms with Crippen LogP contribution in [0.1, 0.15) is 39.3 Å². The van der Waals surface area contributed by atoms with Gasteiger partial charge in [0.25, 0.3) is 0 Å². The van der Waals surface area contributed by atoms with Crippen LogP contribution in [0.3, 0.4) is 0 Å². The topological polar surface area (TPSA) is 128 Å². The lowest BCUT2D eigenvalue weighted by atomic mass is 9.97. The van der Waals surface area contributed by atoms with E-state index in [2.05, 4.69) is 16.0 Å². The van der Waals surface area contributed by atoms with E-state index in [9.17, 15) is 24.3 Å². The van der Waals surface area contributed by atoms with E-state index in [4.69, 9.17) is 0 Å². The molecule has 0 bridgehead atoms. The minimum atomic E-state index is -1.27. The lowest BCUT2D eigenvalue weighted by Crippen LogP contribution is -2.60. The Morgan fingerprint density at radius 2 is 1.56 bits per heavy atom. The first kappa shape index (κ1) is 24.8. The molecule has 1 aliphatic heterocycles. The summed E-state index contributed by atoms with van der Waals surface area (Å²) in [5, 5.41) is 17.8. The predicted molar refractivity (Wildman–Crippen MR) is 128 cm³/mol. The Morgan fingerprint density at radius 3 is 2.15 bits per heavy atom. The largest absolute Gasteiger partial charge is 0.479 e. The zero-order chi connectivity index (χ0) is 25.0. The van der Waals surface area contributed by atoms with Crippen LogP contribution < -0.4 is 20.9 Å². The van der Waals surface area contributed by atoms with Crippen LogP contribution in [-0.2, 0) is 14.4 Å². The van der Waals surface area contributed by atoms with Gasteiger partial charge < -0.3 is 21.1 Å². The number of rotatable bonds is 7.